The Morgan fingerprint density at radius 1 is 0.967 bits per heavy atom. The molecule has 5 nitrogen and oxygen atoms in total. The average molecular weight is 404 g/mol. The Hall–Kier alpha value is -3.25. The van der Waals surface area contributed by atoms with Gasteiger partial charge in [0.1, 0.15) is 5.82 Å². The van der Waals surface area contributed by atoms with Crippen LogP contribution in [0.5, 0.6) is 0 Å². The van der Waals surface area contributed by atoms with Crippen molar-refractivity contribution in [1.29, 1.82) is 0 Å². The summed E-state index contributed by atoms with van der Waals surface area (Å²) in [5.41, 5.74) is 1.71. The highest BCUT2D eigenvalue weighted by Crippen LogP contribution is 2.33. The molecule has 0 saturated carbocycles. The van der Waals surface area contributed by atoms with Crippen LogP contribution in [0.25, 0.3) is 21.9 Å². The van der Waals surface area contributed by atoms with Gasteiger partial charge in [-0.25, -0.2) is 9.18 Å². The molecule has 0 radical (unpaired) electrons. The number of piperazine rings is 1. The molecular formula is C24H21FN2O3. The van der Waals surface area contributed by atoms with E-state index in [1.165, 1.54) is 12.1 Å². The number of carbonyl (C=O) groups excluding carboxylic acids is 1. The molecule has 152 valence electrons. The molecule has 6 heteroatoms. The van der Waals surface area contributed by atoms with Gasteiger partial charge < -0.3 is 10.0 Å². The standard InChI is InChI=1S/C24H21FN2O3/c25-17-12-15(11-16(13-17)24(29)30)19-3-1-5-21-20(19)4-2-6-22(21)23(28)27-10-9-26-8-7-18(27)14-26/h1-6,11-13,18H,7-10,14H2,(H,29,30). The summed E-state index contributed by atoms with van der Waals surface area (Å²) < 4.78 is 14.1. The second-order valence-corrected chi connectivity index (χ2v) is 7.98. The molecule has 0 spiro atoms. The Kier molecular flexibility index (Phi) is 4.51. The fraction of sp³-hybridized carbons (Fsp3) is 0.250. The summed E-state index contributed by atoms with van der Waals surface area (Å²) in [5.74, 6) is -1.76. The van der Waals surface area contributed by atoms with Gasteiger partial charge in [0, 0.05) is 37.8 Å². The first kappa shape index (κ1) is 18.8. The van der Waals surface area contributed by atoms with Crippen LogP contribution < -0.4 is 0 Å². The summed E-state index contributed by atoms with van der Waals surface area (Å²) >= 11 is 0. The molecule has 5 rings (SSSR count). The molecule has 3 aromatic rings. The third-order valence-electron chi connectivity index (χ3n) is 6.21. The predicted octanol–water partition coefficient (Wildman–Crippen LogP) is 3.87. The highest BCUT2D eigenvalue weighted by Gasteiger charge is 2.35. The van der Waals surface area contributed by atoms with Crippen LogP contribution in [0.1, 0.15) is 27.1 Å². The normalized spacial score (nSPS) is 20.5. The largest absolute Gasteiger partial charge is 0.478 e. The van der Waals surface area contributed by atoms with Gasteiger partial charge in [0.05, 0.1) is 5.56 Å². The van der Waals surface area contributed by atoms with E-state index in [4.69, 9.17) is 0 Å². The molecule has 2 saturated heterocycles. The zero-order chi connectivity index (χ0) is 20.8. The van der Waals surface area contributed by atoms with Crippen LogP contribution >= 0.6 is 0 Å². The van der Waals surface area contributed by atoms with E-state index in [-0.39, 0.29) is 17.5 Å². The predicted molar refractivity (Wildman–Crippen MR) is 112 cm³/mol. The van der Waals surface area contributed by atoms with Crippen LogP contribution in [0.4, 0.5) is 4.39 Å². The molecule has 2 aliphatic rings. The summed E-state index contributed by atoms with van der Waals surface area (Å²) in [6, 6.07) is 15.2. The van der Waals surface area contributed by atoms with Crippen molar-refractivity contribution in [2.75, 3.05) is 26.2 Å². The lowest BCUT2D eigenvalue weighted by Crippen LogP contribution is -2.49. The summed E-state index contributed by atoms with van der Waals surface area (Å²) in [6.45, 7) is 3.60. The van der Waals surface area contributed by atoms with Crippen molar-refractivity contribution in [1.82, 2.24) is 9.80 Å². The topological polar surface area (TPSA) is 60.9 Å². The number of carboxylic acids is 1. The minimum absolute atomic E-state index is 0.0229. The van der Waals surface area contributed by atoms with Crippen molar-refractivity contribution < 1.29 is 19.1 Å². The Morgan fingerprint density at radius 3 is 2.60 bits per heavy atom. The van der Waals surface area contributed by atoms with Crippen molar-refractivity contribution in [3.05, 3.63) is 71.5 Å². The Morgan fingerprint density at radius 2 is 1.77 bits per heavy atom. The van der Waals surface area contributed by atoms with E-state index in [1.54, 1.807) is 0 Å². The number of hydrogen-bond donors (Lipinski definition) is 1. The van der Waals surface area contributed by atoms with Crippen molar-refractivity contribution in [2.24, 2.45) is 0 Å². The minimum atomic E-state index is -1.18. The van der Waals surface area contributed by atoms with Gasteiger partial charge >= 0.3 is 5.97 Å². The van der Waals surface area contributed by atoms with Gasteiger partial charge in [-0.2, -0.15) is 0 Å². The zero-order valence-electron chi connectivity index (χ0n) is 16.3. The molecular weight excluding hydrogens is 383 g/mol. The van der Waals surface area contributed by atoms with Gasteiger partial charge in [0.25, 0.3) is 5.91 Å². The fourth-order valence-corrected chi connectivity index (χ4v) is 4.74. The molecule has 0 aromatic heterocycles. The fourth-order valence-electron chi connectivity index (χ4n) is 4.74. The molecule has 2 bridgehead atoms. The van der Waals surface area contributed by atoms with Crippen LogP contribution in [-0.4, -0.2) is 59.0 Å². The Bertz CT molecular complexity index is 1180. The summed E-state index contributed by atoms with van der Waals surface area (Å²) in [5, 5.41) is 10.9. The highest BCUT2D eigenvalue weighted by atomic mass is 19.1. The number of carboxylic acid groups (broad SMARTS) is 1. The molecule has 30 heavy (non-hydrogen) atoms. The first-order valence-corrected chi connectivity index (χ1v) is 10.1. The molecule has 1 amide bonds. The van der Waals surface area contributed by atoms with Crippen molar-refractivity contribution in [2.45, 2.75) is 12.5 Å². The van der Waals surface area contributed by atoms with Gasteiger partial charge in [-0.3, -0.25) is 9.69 Å². The van der Waals surface area contributed by atoms with Crippen LogP contribution in [-0.2, 0) is 0 Å². The molecule has 2 fully saturated rings. The molecule has 2 heterocycles. The number of halogens is 1. The second kappa shape index (κ2) is 7.22. The Labute approximate surface area is 173 Å². The maximum Gasteiger partial charge on any atom is 0.335 e. The van der Waals surface area contributed by atoms with Crippen LogP contribution in [0.2, 0.25) is 0 Å². The minimum Gasteiger partial charge on any atom is -0.478 e. The van der Waals surface area contributed by atoms with E-state index in [2.05, 4.69) is 4.90 Å². The van der Waals surface area contributed by atoms with Crippen molar-refractivity contribution in [3.8, 4) is 11.1 Å². The zero-order valence-corrected chi connectivity index (χ0v) is 16.3. The monoisotopic (exact) mass is 404 g/mol. The van der Waals surface area contributed by atoms with Crippen molar-refractivity contribution >= 4 is 22.6 Å². The number of hydrogen-bond acceptors (Lipinski definition) is 3. The van der Waals surface area contributed by atoms with E-state index in [9.17, 15) is 19.1 Å². The maximum absolute atomic E-state index is 14.1. The van der Waals surface area contributed by atoms with E-state index in [0.29, 0.717) is 16.7 Å². The number of benzene rings is 3. The van der Waals surface area contributed by atoms with E-state index in [1.807, 2.05) is 41.3 Å². The van der Waals surface area contributed by atoms with E-state index >= 15 is 0 Å². The summed E-state index contributed by atoms with van der Waals surface area (Å²) in [4.78, 5) is 29.1. The number of carbonyl (C=O) groups is 2. The summed E-state index contributed by atoms with van der Waals surface area (Å²) in [7, 11) is 0. The molecule has 2 unspecified atom stereocenters. The average Bonchev–Trinajstić information content (AvgIpc) is 3.12. The number of rotatable bonds is 3. The van der Waals surface area contributed by atoms with Gasteiger partial charge in [-0.05, 0) is 52.6 Å². The smallest absolute Gasteiger partial charge is 0.335 e. The lowest BCUT2D eigenvalue weighted by atomic mass is 9.94. The second-order valence-electron chi connectivity index (χ2n) is 7.98. The first-order chi connectivity index (χ1) is 14.5. The highest BCUT2D eigenvalue weighted by molar-refractivity contribution is 6.10. The molecule has 1 N–H and O–H groups in total. The lowest BCUT2D eigenvalue weighted by molar-refractivity contribution is 0.0610. The number of amides is 1. The van der Waals surface area contributed by atoms with E-state index in [0.717, 1.165) is 49.4 Å². The van der Waals surface area contributed by atoms with Crippen LogP contribution in [0.15, 0.2) is 54.6 Å². The molecule has 2 atom stereocenters. The Balaban J connectivity index is 1.61. The molecule has 0 aliphatic carbocycles. The van der Waals surface area contributed by atoms with Gasteiger partial charge in [-0.15, -0.1) is 0 Å². The molecule has 3 aromatic carbocycles. The third kappa shape index (κ3) is 3.13. The molecule has 2 aliphatic heterocycles. The van der Waals surface area contributed by atoms with Crippen LogP contribution in [0.3, 0.4) is 0 Å². The number of aromatic carboxylic acids is 1. The van der Waals surface area contributed by atoms with Gasteiger partial charge in [0.2, 0.25) is 0 Å². The van der Waals surface area contributed by atoms with E-state index < -0.39 is 11.8 Å². The van der Waals surface area contributed by atoms with Gasteiger partial charge in [0.15, 0.2) is 0 Å². The SMILES string of the molecule is O=C(O)c1cc(F)cc(-c2cccc3c(C(=O)N4CCN5CCC4C5)cccc23)c1. The summed E-state index contributed by atoms with van der Waals surface area (Å²) in [6.07, 6.45) is 1.00. The number of fused-ring (bicyclic) bond motifs is 3. The van der Waals surface area contributed by atoms with Crippen molar-refractivity contribution in [3.63, 3.8) is 0 Å². The first-order valence-electron chi connectivity index (χ1n) is 10.1. The number of nitrogens with zero attached hydrogens (tertiary/aromatic N) is 2. The third-order valence-corrected chi connectivity index (χ3v) is 6.21. The lowest BCUT2D eigenvalue weighted by Gasteiger charge is -2.34. The van der Waals surface area contributed by atoms with Gasteiger partial charge in [-0.1, -0.05) is 30.3 Å². The van der Waals surface area contributed by atoms with Crippen LogP contribution in [0, 0.1) is 5.82 Å². The maximum atomic E-state index is 14.1. The quantitative estimate of drug-likeness (QED) is 0.720.